The highest BCUT2D eigenvalue weighted by atomic mass is 16.5. The Balaban J connectivity index is 1.84. The molecule has 1 saturated carbocycles. The molecule has 0 bridgehead atoms. The van der Waals surface area contributed by atoms with Gasteiger partial charge in [0.05, 0.1) is 13.0 Å². The lowest BCUT2D eigenvalue weighted by atomic mass is 10.1. The van der Waals surface area contributed by atoms with Gasteiger partial charge in [-0.25, -0.2) is 9.97 Å². The molecule has 112 valence electrons. The third kappa shape index (κ3) is 2.81. The lowest BCUT2D eigenvalue weighted by molar-refractivity contribution is -0.144. The highest BCUT2D eigenvalue weighted by Gasteiger charge is 2.32. The van der Waals surface area contributed by atoms with Gasteiger partial charge in [0, 0.05) is 25.1 Å². The van der Waals surface area contributed by atoms with Gasteiger partial charge in [-0.1, -0.05) is 0 Å². The second-order valence-corrected chi connectivity index (χ2v) is 5.56. The Kier molecular flexibility index (Phi) is 3.48. The van der Waals surface area contributed by atoms with E-state index in [2.05, 4.69) is 9.97 Å². The van der Waals surface area contributed by atoms with Crippen LogP contribution in [0.1, 0.15) is 41.5 Å². The molecule has 1 aliphatic heterocycles. The van der Waals surface area contributed by atoms with Gasteiger partial charge in [-0.3, -0.25) is 9.59 Å². The number of amides is 1. The largest absolute Gasteiger partial charge is 0.469 e. The maximum atomic E-state index is 11.6. The minimum atomic E-state index is -0.552. The van der Waals surface area contributed by atoms with E-state index in [9.17, 15) is 9.59 Å². The van der Waals surface area contributed by atoms with Crippen molar-refractivity contribution in [2.45, 2.75) is 25.2 Å². The molecule has 0 aromatic carbocycles. The Morgan fingerprint density at radius 2 is 2.10 bits per heavy atom. The van der Waals surface area contributed by atoms with Gasteiger partial charge < -0.3 is 15.4 Å². The zero-order valence-electron chi connectivity index (χ0n) is 11.9. The molecule has 1 saturated heterocycles. The van der Waals surface area contributed by atoms with E-state index in [0.717, 1.165) is 19.3 Å². The molecule has 3 rings (SSSR count). The van der Waals surface area contributed by atoms with Crippen LogP contribution in [0, 0.1) is 5.92 Å². The van der Waals surface area contributed by atoms with Gasteiger partial charge in [0.1, 0.15) is 17.3 Å². The molecule has 1 aromatic heterocycles. The van der Waals surface area contributed by atoms with E-state index < -0.39 is 5.91 Å². The summed E-state index contributed by atoms with van der Waals surface area (Å²) in [5.74, 6) is 0.789. The number of rotatable bonds is 4. The summed E-state index contributed by atoms with van der Waals surface area (Å²) in [5.41, 5.74) is 5.59. The summed E-state index contributed by atoms with van der Waals surface area (Å²) in [5, 5.41) is 0. The fraction of sp³-hybridized carbons (Fsp3) is 0.571. The molecule has 0 radical (unpaired) electrons. The van der Waals surface area contributed by atoms with Crippen LogP contribution in [0.25, 0.3) is 0 Å². The Hall–Kier alpha value is -2.18. The zero-order valence-corrected chi connectivity index (χ0v) is 11.9. The van der Waals surface area contributed by atoms with Gasteiger partial charge in [0.25, 0.3) is 5.91 Å². The van der Waals surface area contributed by atoms with Crippen molar-refractivity contribution in [3.8, 4) is 0 Å². The second-order valence-electron chi connectivity index (χ2n) is 5.56. The van der Waals surface area contributed by atoms with Crippen molar-refractivity contribution in [1.82, 2.24) is 9.97 Å². The summed E-state index contributed by atoms with van der Waals surface area (Å²) in [4.78, 5) is 33.8. The number of hydrogen-bond donors (Lipinski definition) is 1. The molecule has 2 heterocycles. The number of nitrogens with zero attached hydrogens (tertiary/aromatic N) is 3. The monoisotopic (exact) mass is 290 g/mol. The lowest BCUT2D eigenvalue weighted by Gasteiger charge is -2.18. The highest BCUT2D eigenvalue weighted by Crippen LogP contribution is 2.39. The predicted molar refractivity (Wildman–Crippen MR) is 74.9 cm³/mol. The third-order valence-corrected chi connectivity index (χ3v) is 3.97. The summed E-state index contributed by atoms with van der Waals surface area (Å²) in [6.45, 7) is 1.26. The van der Waals surface area contributed by atoms with Crippen molar-refractivity contribution in [3.05, 3.63) is 17.6 Å². The van der Waals surface area contributed by atoms with E-state index in [-0.39, 0.29) is 17.6 Å². The Morgan fingerprint density at radius 1 is 1.33 bits per heavy atom. The maximum Gasteiger partial charge on any atom is 0.310 e. The highest BCUT2D eigenvalue weighted by molar-refractivity contribution is 5.91. The number of methoxy groups -OCH3 is 1. The van der Waals surface area contributed by atoms with Gasteiger partial charge in [0.2, 0.25) is 0 Å². The first kappa shape index (κ1) is 13.8. The van der Waals surface area contributed by atoms with Crippen molar-refractivity contribution < 1.29 is 14.3 Å². The van der Waals surface area contributed by atoms with Gasteiger partial charge in [0.15, 0.2) is 0 Å². The van der Waals surface area contributed by atoms with E-state index in [0.29, 0.717) is 30.6 Å². The molecule has 21 heavy (non-hydrogen) atoms. The lowest BCUT2D eigenvalue weighted by Crippen LogP contribution is -2.25. The molecule has 7 heteroatoms. The Morgan fingerprint density at radius 3 is 2.71 bits per heavy atom. The van der Waals surface area contributed by atoms with Crippen LogP contribution < -0.4 is 10.6 Å². The first-order valence-electron chi connectivity index (χ1n) is 7.10. The number of carbonyl (C=O) groups is 2. The number of primary amides is 1. The molecular weight excluding hydrogens is 272 g/mol. The van der Waals surface area contributed by atoms with Crippen LogP contribution in [0.5, 0.6) is 0 Å². The smallest absolute Gasteiger partial charge is 0.310 e. The number of anilines is 1. The fourth-order valence-electron chi connectivity index (χ4n) is 2.59. The summed E-state index contributed by atoms with van der Waals surface area (Å²) in [6, 6.07) is 1.61. The van der Waals surface area contributed by atoms with Crippen LogP contribution in [-0.4, -0.2) is 42.0 Å². The number of esters is 1. The molecule has 1 unspecified atom stereocenters. The van der Waals surface area contributed by atoms with E-state index in [4.69, 9.17) is 10.5 Å². The van der Waals surface area contributed by atoms with Crippen LogP contribution in [0.4, 0.5) is 5.82 Å². The number of carbonyl (C=O) groups excluding carboxylic acids is 2. The Labute approximate surface area is 122 Å². The summed E-state index contributed by atoms with van der Waals surface area (Å²) >= 11 is 0. The molecule has 1 atom stereocenters. The first-order chi connectivity index (χ1) is 10.1. The molecular formula is C14H18N4O3. The van der Waals surface area contributed by atoms with E-state index in [1.54, 1.807) is 6.07 Å². The standard InChI is InChI=1S/C14H18N4O3/c1-21-14(20)9-4-5-18(7-9)11-6-10(12(15)19)16-13(17-11)8-2-3-8/h6,8-9H,2-5,7H2,1H3,(H2,15,19). The third-order valence-electron chi connectivity index (χ3n) is 3.97. The number of aromatic nitrogens is 2. The van der Waals surface area contributed by atoms with Crippen molar-refractivity contribution >= 4 is 17.7 Å². The van der Waals surface area contributed by atoms with Crippen molar-refractivity contribution in [2.75, 3.05) is 25.1 Å². The van der Waals surface area contributed by atoms with Crippen molar-refractivity contribution in [2.24, 2.45) is 11.7 Å². The quantitative estimate of drug-likeness (QED) is 0.808. The van der Waals surface area contributed by atoms with Crippen molar-refractivity contribution in [1.29, 1.82) is 0 Å². The minimum absolute atomic E-state index is 0.147. The first-order valence-corrected chi connectivity index (χ1v) is 7.10. The van der Waals surface area contributed by atoms with Crippen LogP contribution in [0.2, 0.25) is 0 Å². The fourth-order valence-corrected chi connectivity index (χ4v) is 2.59. The molecule has 2 aliphatic rings. The molecule has 2 fully saturated rings. The normalized spacial score (nSPS) is 21.4. The van der Waals surface area contributed by atoms with E-state index >= 15 is 0 Å². The molecule has 1 amide bonds. The van der Waals surface area contributed by atoms with E-state index in [1.165, 1.54) is 7.11 Å². The average molecular weight is 290 g/mol. The number of ether oxygens (including phenoxy) is 1. The average Bonchev–Trinajstić information content (AvgIpc) is 3.23. The molecule has 0 spiro atoms. The topological polar surface area (TPSA) is 98.4 Å². The zero-order chi connectivity index (χ0) is 15.0. The second kappa shape index (κ2) is 5.31. The Bertz CT molecular complexity index is 586. The summed E-state index contributed by atoms with van der Waals surface area (Å²) in [6.07, 6.45) is 2.82. The van der Waals surface area contributed by atoms with Crippen molar-refractivity contribution in [3.63, 3.8) is 0 Å². The number of hydrogen-bond acceptors (Lipinski definition) is 6. The summed E-state index contributed by atoms with van der Waals surface area (Å²) < 4.78 is 4.78. The van der Waals surface area contributed by atoms with E-state index in [1.807, 2.05) is 4.90 Å². The summed E-state index contributed by atoms with van der Waals surface area (Å²) in [7, 11) is 1.39. The van der Waals surface area contributed by atoms with Crippen LogP contribution in [0.3, 0.4) is 0 Å². The van der Waals surface area contributed by atoms with Crippen LogP contribution in [-0.2, 0) is 9.53 Å². The molecule has 2 N–H and O–H groups in total. The molecule has 1 aliphatic carbocycles. The van der Waals surface area contributed by atoms with Gasteiger partial charge in [-0.15, -0.1) is 0 Å². The maximum absolute atomic E-state index is 11.6. The van der Waals surface area contributed by atoms with Crippen LogP contribution >= 0.6 is 0 Å². The minimum Gasteiger partial charge on any atom is -0.469 e. The van der Waals surface area contributed by atoms with Gasteiger partial charge in [-0.05, 0) is 19.3 Å². The SMILES string of the molecule is COC(=O)C1CCN(c2cc(C(N)=O)nc(C3CC3)n2)C1. The van der Waals surface area contributed by atoms with Gasteiger partial charge >= 0.3 is 5.97 Å². The predicted octanol–water partition coefficient (Wildman–Crippen LogP) is 0.452. The molecule has 1 aromatic rings. The number of nitrogens with two attached hydrogens (primary N) is 1. The van der Waals surface area contributed by atoms with Crippen LogP contribution in [0.15, 0.2) is 6.07 Å². The molecule has 7 nitrogen and oxygen atoms in total. The van der Waals surface area contributed by atoms with Gasteiger partial charge in [-0.2, -0.15) is 0 Å².